The first-order valence-electron chi connectivity index (χ1n) is 8.88. The van der Waals surface area contributed by atoms with Crippen LogP contribution in [0.2, 0.25) is 0 Å². The molecule has 3 fully saturated rings. The molecule has 0 spiro atoms. The first kappa shape index (κ1) is 14.0. The molecule has 0 aromatic carbocycles. The summed E-state index contributed by atoms with van der Waals surface area (Å²) in [5.41, 5.74) is 1.11. The molecule has 0 aromatic heterocycles. The highest BCUT2D eigenvalue weighted by molar-refractivity contribution is 5.91. The molecule has 0 unspecified atom stereocenters. The summed E-state index contributed by atoms with van der Waals surface area (Å²) in [4.78, 5) is 11.7. The monoisotopic (exact) mass is 288 g/mol. The Morgan fingerprint density at radius 2 is 1.86 bits per heavy atom. The van der Waals surface area contributed by atoms with Crippen LogP contribution in [-0.4, -0.2) is 16.5 Å². The van der Waals surface area contributed by atoms with E-state index < -0.39 is 5.60 Å². The zero-order valence-corrected chi connectivity index (χ0v) is 13.4. The zero-order valence-electron chi connectivity index (χ0n) is 13.4. The van der Waals surface area contributed by atoms with Crippen molar-refractivity contribution in [2.75, 3.05) is 0 Å². The highest BCUT2D eigenvalue weighted by atomic mass is 16.3. The molecular formula is C19H28O2. The molecule has 0 aromatic rings. The number of rotatable bonds is 0. The second kappa shape index (κ2) is 4.44. The molecule has 21 heavy (non-hydrogen) atoms. The Morgan fingerprint density at radius 1 is 1.05 bits per heavy atom. The van der Waals surface area contributed by atoms with E-state index in [9.17, 15) is 9.90 Å². The number of ketones is 1. The van der Waals surface area contributed by atoms with Crippen molar-refractivity contribution in [2.24, 2.45) is 29.1 Å². The molecule has 6 atom stereocenters. The van der Waals surface area contributed by atoms with Gasteiger partial charge in [-0.1, -0.05) is 12.5 Å². The Balaban J connectivity index is 1.64. The largest absolute Gasteiger partial charge is 0.390 e. The smallest absolute Gasteiger partial charge is 0.155 e. The lowest BCUT2D eigenvalue weighted by atomic mass is 9.51. The predicted molar refractivity (Wildman–Crippen MR) is 82.7 cm³/mol. The summed E-state index contributed by atoms with van der Waals surface area (Å²) in [5, 5.41) is 10.9. The fraction of sp³-hybridized carbons (Fsp3) is 0.842. The Kier molecular flexibility index (Phi) is 2.96. The third-order valence-electron chi connectivity index (χ3n) is 7.86. The van der Waals surface area contributed by atoms with Gasteiger partial charge in [0.1, 0.15) is 0 Å². The number of carbonyl (C=O) groups excluding carboxylic acids is 1. The maximum atomic E-state index is 11.7. The van der Waals surface area contributed by atoms with E-state index in [1.807, 2.05) is 6.08 Å². The maximum Gasteiger partial charge on any atom is 0.155 e. The number of fused-ring (bicyclic) bond motifs is 5. The van der Waals surface area contributed by atoms with Gasteiger partial charge < -0.3 is 5.11 Å². The SMILES string of the molecule is C[C@]1(O)CC[C@H]2[C@H]3CCC4=CC(=O)CC[C@H]4[C@H]3CC[C@]21C. The fourth-order valence-corrected chi connectivity index (χ4v) is 6.42. The molecule has 0 aliphatic heterocycles. The second-order valence-electron chi connectivity index (χ2n) is 8.57. The first-order chi connectivity index (χ1) is 9.92. The van der Waals surface area contributed by atoms with Crippen molar-refractivity contribution in [3.63, 3.8) is 0 Å². The molecular weight excluding hydrogens is 260 g/mol. The average Bonchev–Trinajstić information content (AvgIpc) is 2.69. The van der Waals surface area contributed by atoms with Crippen molar-refractivity contribution in [1.82, 2.24) is 0 Å². The van der Waals surface area contributed by atoms with Crippen LogP contribution in [0, 0.1) is 29.1 Å². The maximum absolute atomic E-state index is 11.7. The van der Waals surface area contributed by atoms with Crippen molar-refractivity contribution in [1.29, 1.82) is 0 Å². The molecule has 1 N–H and O–H groups in total. The molecule has 2 nitrogen and oxygen atoms in total. The molecule has 4 aliphatic carbocycles. The molecule has 3 saturated carbocycles. The van der Waals surface area contributed by atoms with Crippen LogP contribution in [0.15, 0.2) is 11.6 Å². The number of aliphatic hydroxyl groups is 1. The molecule has 0 bridgehead atoms. The van der Waals surface area contributed by atoms with Gasteiger partial charge in [0.05, 0.1) is 5.60 Å². The van der Waals surface area contributed by atoms with Crippen LogP contribution < -0.4 is 0 Å². The molecule has 2 heteroatoms. The quantitative estimate of drug-likeness (QED) is 0.734. The highest BCUT2D eigenvalue weighted by Crippen LogP contribution is 2.64. The minimum atomic E-state index is -0.471. The van der Waals surface area contributed by atoms with Crippen LogP contribution in [0.5, 0.6) is 0 Å². The van der Waals surface area contributed by atoms with Gasteiger partial charge in [0.15, 0.2) is 5.78 Å². The lowest BCUT2D eigenvalue weighted by Crippen LogP contribution is -2.51. The third-order valence-corrected chi connectivity index (χ3v) is 7.86. The number of hydrogen-bond donors (Lipinski definition) is 1. The van der Waals surface area contributed by atoms with Crippen molar-refractivity contribution in [3.8, 4) is 0 Å². The Bertz CT molecular complexity index is 504. The number of carbonyl (C=O) groups is 1. The Labute approximate surface area is 128 Å². The van der Waals surface area contributed by atoms with E-state index in [2.05, 4.69) is 13.8 Å². The fourth-order valence-electron chi connectivity index (χ4n) is 6.42. The molecule has 0 amide bonds. The van der Waals surface area contributed by atoms with E-state index in [1.54, 1.807) is 0 Å². The standard InChI is InChI=1S/C19H28O2/c1-18-9-7-15-14-6-4-13(20)11-12(14)3-5-16(15)17(18)8-10-19(18,2)21/h11,14-17,21H,3-10H2,1-2H3/t14-,15-,16+,17+,18-,19+/m1/s1. The summed E-state index contributed by atoms with van der Waals surface area (Å²) in [6.45, 7) is 4.41. The van der Waals surface area contributed by atoms with Crippen LogP contribution in [-0.2, 0) is 4.79 Å². The lowest BCUT2D eigenvalue weighted by molar-refractivity contribution is -0.117. The highest BCUT2D eigenvalue weighted by Gasteiger charge is 2.60. The Morgan fingerprint density at radius 3 is 2.67 bits per heavy atom. The van der Waals surface area contributed by atoms with E-state index in [-0.39, 0.29) is 5.41 Å². The van der Waals surface area contributed by atoms with Gasteiger partial charge >= 0.3 is 0 Å². The zero-order chi connectivity index (χ0) is 14.8. The summed E-state index contributed by atoms with van der Waals surface area (Å²) >= 11 is 0. The van der Waals surface area contributed by atoms with Crippen molar-refractivity contribution < 1.29 is 9.90 Å². The van der Waals surface area contributed by atoms with Crippen LogP contribution in [0.3, 0.4) is 0 Å². The number of allylic oxidation sites excluding steroid dienone is 1. The molecule has 116 valence electrons. The molecule has 0 heterocycles. The summed E-state index contributed by atoms with van der Waals surface area (Å²) in [7, 11) is 0. The summed E-state index contributed by atoms with van der Waals surface area (Å²) in [6, 6.07) is 0. The van der Waals surface area contributed by atoms with E-state index in [0.717, 1.165) is 37.5 Å². The van der Waals surface area contributed by atoms with E-state index in [0.29, 0.717) is 17.6 Å². The van der Waals surface area contributed by atoms with Crippen LogP contribution in [0.25, 0.3) is 0 Å². The van der Waals surface area contributed by atoms with Crippen LogP contribution in [0.1, 0.15) is 65.2 Å². The minimum absolute atomic E-state index is 0.125. The van der Waals surface area contributed by atoms with Crippen LogP contribution >= 0.6 is 0 Å². The second-order valence-corrected chi connectivity index (χ2v) is 8.57. The van der Waals surface area contributed by atoms with E-state index in [1.165, 1.54) is 31.3 Å². The van der Waals surface area contributed by atoms with Gasteiger partial charge in [-0.15, -0.1) is 0 Å². The summed E-state index contributed by atoms with van der Waals surface area (Å²) < 4.78 is 0. The molecule has 0 radical (unpaired) electrons. The van der Waals surface area contributed by atoms with Gasteiger partial charge in [0.25, 0.3) is 0 Å². The average molecular weight is 288 g/mol. The molecule has 0 saturated heterocycles. The van der Waals surface area contributed by atoms with E-state index in [4.69, 9.17) is 0 Å². The lowest BCUT2D eigenvalue weighted by Gasteiger charge is -2.55. The summed E-state index contributed by atoms with van der Waals surface area (Å²) in [6.07, 6.45) is 10.8. The van der Waals surface area contributed by atoms with E-state index >= 15 is 0 Å². The predicted octanol–water partition coefficient (Wildman–Crippen LogP) is 3.88. The van der Waals surface area contributed by atoms with Gasteiger partial charge in [0.2, 0.25) is 0 Å². The van der Waals surface area contributed by atoms with Crippen molar-refractivity contribution >= 4 is 5.78 Å². The first-order valence-corrected chi connectivity index (χ1v) is 8.88. The Hall–Kier alpha value is -0.630. The molecule has 4 aliphatic rings. The van der Waals surface area contributed by atoms with Gasteiger partial charge in [-0.2, -0.15) is 0 Å². The van der Waals surface area contributed by atoms with Gasteiger partial charge in [-0.05, 0) is 87.0 Å². The number of hydrogen-bond acceptors (Lipinski definition) is 2. The minimum Gasteiger partial charge on any atom is -0.390 e. The van der Waals surface area contributed by atoms with Gasteiger partial charge in [0, 0.05) is 6.42 Å². The van der Waals surface area contributed by atoms with Crippen molar-refractivity contribution in [3.05, 3.63) is 11.6 Å². The van der Waals surface area contributed by atoms with Crippen molar-refractivity contribution in [2.45, 2.75) is 70.8 Å². The molecule has 4 rings (SSSR count). The van der Waals surface area contributed by atoms with Crippen LogP contribution in [0.4, 0.5) is 0 Å². The van der Waals surface area contributed by atoms with Gasteiger partial charge in [-0.3, -0.25) is 4.79 Å². The third kappa shape index (κ3) is 1.84. The summed E-state index contributed by atoms with van der Waals surface area (Å²) in [5.74, 6) is 3.30. The topological polar surface area (TPSA) is 37.3 Å². The normalized spacial score (nSPS) is 52.7. The van der Waals surface area contributed by atoms with Gasteiger partial charge in [-0.25, -0.2) is 0 Å².